The molecule has 3 amide bonds. The zero-order valence-electron chi connectivity index (χ0n) is 18.0. The molecule has 33 heavy (non-hydrogen) atoms. The van der Waals surface area contributed by atoms with Gasteiger partial charge >= 0.3 is 0 Å². The Bertz CT molecular complexity index is 1060. The van der Waals surface area contributed by atoms with Crippen molar-refractivity contribution in [3.8, 4) is 5.75 Å². The molecule has 6 nitrogen and oxygen atoms in total. The van der Waals surface area contributed by atoms with E-state index in [2.05, 4.69) is 37.2 Å². The molecular formula is C25H24Br2N2O4. The fourth-order valence-electron chi connectivity index (χ4n) is 5.78. The van der Waals surface area contributed by atoms with Gasteiger partial charge in [0.1, 0.15) is 11.8 Å². The van der Waals surface area contributed by atoms with Crippen LogP contribution in [0.5, 0.6) is 5.75 Å². The van der Waals surface area contributed by atoms with Crippen molar-refractivity contribution in [2.24, 2.45) is 23.7 Å². The molecule has 8 heteroatoms. The number of ether oxygens (including phenoxy) is 1. The molecule has 7 atom stereocenters. The second-order valence-electron chi connectivity index (χ2n) is 8.95. The largest absolute Gasteiger partial charge is 0.495 e. The first-order valence-electron chi connectivity index (χ1n) is 11.0. The van der Waals surface area contributed by atoms with Crippen LogP contribution in [0, 0.1) is 23.7 Å². The molecule has 2 bridgehead atoms. The SMILES string of the molecule is COc1ccccc1NC(=O)[C@@H](Cc1ccccc1)N1C(=O)[C@@H]2[C@@H]3C[C@H]([C@H](Br)[C@@H]3Br)[C@@H]2C1=O. The number of hydrogen-bond donors (Lipinski definition) is 1. The van der Waals surface area contributed by atoms with Gasteiger partial charge in [0.15, 0.2) is 0 Å². The first-order valence-corrected chi connectivity index (χ1v) is 12.9. The predicted molar refractivity (Wildman–Crippen MR) is 131 cm³/mol. The molecule has 172 valence electrons. The molecule has 1 saturated heterocycles. The monoisotopic (exact) mass is 574 g/mol. The Hall–Kier alpha value is -2.19. The Kier molecular flexibility index (Phi) is 6.07. The van der Waals surface area contributed by atoms with Crippen LogP contribution in [0.15, 0.2) is 54.6 Å². The number of likely N-dealkylation sites (tertiary alicyclic amines) is 1. The lowest BCUT2D eigenvalue weighted by Crippen LogP contribution is -2.49. The van der Waals surface area contributed by atoms with Crippen LogP contribution in [0.1, 0.15) is 12.0 Å². The van der Waals surface area contributed by atoms with E-state index in [-0.39, 0.29) is 51.6 Å². The average molecular weight is 576 g/mol. The van der Waals surface area contributed by atoms with Crippen LogP contribution in [0.25, 0.3) is 0 Å². The van der Waals surface area contributed by atoms with E-state index in [0.717, 1.165) is 12.0 Å². The van der Waals surface area contributed by atoms with Crippen molar-refractivity contribution in [3.05, 3.63) is 60.2 Å². The molecule has 3 fully saturated rings. The summed E-state index contributed by atoms with van der Waals surface area (Å²) in [5.74, 6) is -0.863. The van der Waals surface area contributed by atoms with E-state index >= 15 is 0 Å². The molecule has 2 aliphatic carbocycles. The molecule has 1 aliphatic heterocycles. The van der Waals surface area contributed by atoms with Gasteiger partial charge in [0.25, 0.3) is 0 Å². The molecule has 2 saturated carbocycles. The number of nitrogens with one attached hydrogen (secondary N) is 1. The van der Waals surface area contributed by atoms with E-state index in [1.54, 1.807) is 18.2 Å². The number of methoxy groups -OCH3 is 1. The summed E-state index contributed by atoms with van der Waals surface area (Å²) in [6, 6.07) is 15.6. The first kappa shape index (κ1) is 22.6. The fraction of sp³-hybridized carbons (Fsp3) is 0.400. The van der Waals surface area contributed by atoms with E-state index < -0.39 is 11.9 Å². The third-order valence-electron chi connectivity index (χ3n) is 7.27. The van der Waals surface area contributed by atoms with Crippen LogP contribution in [-0.4, -0.2) is 45.4 Å². The molecular weight excluding hydrogens is 552 g/mol. The van der Waals surface area contributed by atoms with Crippen molar-refractivity contribution in [2.75, 3.05) is 12.4 Å². The van der Waals surface area contributed by atoms with Crippen LogP contribution in [0.3, 0.4) is 0 Å². The van der Waals surface area contributed by atoms with Gasteiger partial charge < -0.3 is 10.1 Å². The van der Waals surface area contributed by atoms with Crippen LogP contribution in [0.2, 0.25) is 0 Å². The lowest BCUT2D eigenvalue weighted by Gasteiger charge is -2.28. The van der Waals surface area contributed by atoms with Crippen LogP contribution in [-0.2, 0) is 20.8 Å². The summed E-state index contributed by atoms with van der Waals surface area (Å²) >= 11 is 7.44. The molecule has 0 aromatic heterocycles. The summed E-state index contributed by atoms with van der Waals surface area (Å²) in [4.78, 5) is 42.3. The van der Waals surface area contributed by atoms with Gasteiger partial charge in [0.05, 0.1) is 24.6 Å². The second kappa shape index (κ2) is 8.87. The van der Waals surface area contributed by atoms with Gasteiger partial charge in [-0.05, 0) is 36.0 Å². The molecule has 1 N–H and O–H groups in total. The standard InChI is InChI=1S/C25H24Br2N2O4/c1-33-18-10-6-5-9-16(18)28-23(30)17(11-13-7-3-2-4-8-13)29-24(31)19-14-12-15(20(19)25(29)32)22(27)21(14)26/h2-10,14-15,17,19-22H,11-12H2,1H3,(H,28,30)/t14-,15-,17+,19-,20+,21-,22+/m0/s1. The van der Waals surface area contributed by atoms with Crippen molar-refractivity contribution in [2.45, 2.75) is 28.5 Å². The van der Waals surface area contributed by atoms with E-state index in [1.165, 1.54) is 12.0 Å². The second-order valence-corrected chi connectivity index (χ2v) is 11.1. The number of rotatable bonds is 6. The number of amides is 3. The molecule has 1 heterocycles. The maximum absolute atomic E-state index is 13.6. The zero-order chi connectivity index (χ0) is 23.3. The molecule has 0 unspecified atom stereocenters. The summed E-state index contributed by atoms with van der Waals surface area (Å²) in [7, 11) is 1.53. The number of imide groups is 1. The van der Waals surface area contributed by atoms with Crippen LogP contribution in [0.4, 0.5) is 5.69 Å². The molecule has 3 aliphatic rings. The number of hydrogen-bond acceptors (Lipinski definition) is 4. The number of anilines is 1. The highest BCUT2D eigenvalue weighted by Gasteiger charge is 2.67. The maximum atomic E-state index is 13.6. The summed E-state index contributed by atoms with van der Waals surface area (Å²) in [5.41, 5.74) is 1.39. The average Bonchev–Trinajstić information content (AvgIpc) is 3.43. The summed E-state index contributed by atoms with van der Waals surface area (Å²) in [6.07, 6.45) is 1.10. The normalized spacial score (nSPS) is 30.9. The number of para-hydroxylation sites is 2. The van der Waals surface area contributed by atoms with Gasteiger partial charge in [-0.2, -0.15) is 0 Å². The minimum absolute atomic E-state index is 0.0977. The van der Waals surface area contributed by atoms with Gasteiger partial charge in [0, 0.05) is 16.1 Å². The summed E-state index contributed by atoms with van der Waals surface area (Å²) in [6.45, 7) is 0. The smallest absolute Gasteiger partial charge is 0.248 e. The topological polar surface area (TPSA) is 75.7 Å². The minimum atomic E-state index is -0.940. The zero-order valence-corrected chi connectivity index (χ0v) is 21.2. The Morgan fingerprint density at radius 3 is 2.18 bits per heavy atom. The number of carbonyl (C=O) groups is 3. The number of benzene rings is 2. The Morgan fingerprint density at radius 2 is 1.58 bits per heavy atom. The van der Waals surface area contributed by atoms with Gasteiger partial charge in [-0.1, -0.05) is 74.3 Å². The van der Waals surface area contributed by atoms with Crippen molar-refractivity contribution < 1.29 is 19.1 Å². The highest BCUT2D eigenvalue weighted by atomic mass is 79.9. The number of alkyl halides is 2. The van der Waals surface area contributed by atoms with Crippen molar-refractivity contribution >= 4 is 55.3 Å². The first-order chi connectivity index (χ1) is 15.9. The molecule has 2 aromatic rings. The van der Waals surface area contributed by atoms with Crippen LogP contribution < -0.4 is 10.1 Å². The Morgan fingerprint density at radius 1 is 1.00 bits per heavy atom. The number of fused-ring (bicyclic) bond motifs is 5. The summed E-state index contributed by atoms with van der Waals surface area (Å²) < 4.78 is 5.36. The maximum Gasteiger partial charge on any atom is 0.248 e. The quantitative estimate of drug-likeness (QED) is 0.417. The highest BCUT2D eigenvalue weighted by Crippen LogP contribution is 2.60. The lowest BCUT2D eigenvalue weighted by molar-refractivity contribution is -0.147. The molecule has 0 radical (unpaired) electrons. The molecule has 5 rings (SSSR count). The van der Waals surface area contributed by atoms with Gasteiger partial charge in [-0.15, -0.1) is 0 Å². The lowest BCUT2D eigenvalue weighted by atomic mass is 9.81. The fourth-order valence-corrected chi connectivity index (χ4v) is 7.65. The van der Waals surface area contributed by atoms with Gasteiger partial charge in [0.2, 0.25) is 17.7 Å². The third-order valence-corrected chi connectivity index (χ3v) is 10.5. The Balaban J connectivity index is 1.48. The molecule has 0 spiro atoms. The van der Waals surface area contributed by atoms with Gasteiger partial charge in [-0.3, -0.25) is 19.3 Å². The molecule has 2 aromatic carbocycles. The van der Waals surface area contributed by atoms with Crippen molar-refractivity contribution in [1.29, 1.82) is 0 Å². The van der Waals surface area contributed by atoms with E-state index in [4.69, 9.17) is 4.74 Å². The highest BCUT2D eigenvalue weighted by molar-refractivity contribution is 9.12. The number of carbonyl (C=O) groups excluding carboxylic acids is 3. The van der Waals surface area contributed by atoms with E-state index in [1.807, 2.05) is 36.4 Å². The van der Waals surface area contributed by atoms with E-state index in [9.17, 15) is 14.4 Å². The van der Waals surface area contributed by atoms with Crippen molar-refractivity contribution in [1.82, 2.24) is 4.90 Å². The minimum Gasteiger partial charge on any atom is -0.495 e. The third kappa shape index (κ3) is 3.71. The van der Waals surface area contributed by atoms with Crippen LogP contribution >= 0.6 is 31.9 Å². The Labute approximate surface area is 209 Å². The number of nitrogens with zero attached hydrogens (tertiary/aromatic N) is 1. The van der Waals surface area contributed by atoms with Crippen molar-refractivity contribution in [3.63, 3.8) is 0 Å². The van der Waals surface area contributed by atoms with E-state index in [0.29, 0.717) is 11.4 Å². The van der Waals surface area contributed by atoms with Gasteiger partial charge in [-0.25, -0.2) is 0 Å². The number of halogens is 2. The predicted octanol–water partition coefficient (Wildman–Crippen LogP) is 4.02. The summed E-state index contributed by atoms with van der Waals surface area (Å²) in [5, 5.41) is 2.89.